The van der Waals surface area contributed by atoms with Gasteiger partial charge in [0.2, 0.25) is 10.0 Å². The van der Waals surface area contributed by atoms with Gasteiger partial charge in [-0.3, -0.25) is 0 Å². The van der Waals surface area contributed by atoms with Crippen LogP contribution < -0.4 is 5.63 Å². The molecule has 0 saturated heterocycles. The highest BCUT2D eigenvalue weighted by Gasteiger charge is 2.28. The molecule has 7 nitrogen and oxygen atoms in total. The summed E-state index contributed by atoms with van der Waals surface area (Å²) in [6.07, 6.45) is 0.659. The maximum atomic E-state index is 13.1. The van der Waals surface area contributed by atoms with Gasteiger partial charge in [-0.05, 0) is 60.4 Å². The number of aryl methyl sites for hydroxylation is 1. The van der Waals surface area contributed by atoms with Gasteiger partial charge in [-0.1, -0.05) is 36.4 Å². The van der Waals surface area contributed by atoms with Gasteiger partial charge in [0, 0.05) is 30.1 Å². The lowest BCUT2D eigenvalue weighted by molar-refractivity contribution is 0.0473. The number of benzene rings is 3. The second kappa shape index (κ2) is 9.13. The number of hydrogen-bond donors (Lipinski definition) is 0. The van der Waals surface area contributed by atoms with Gasteiger partial charge in [0.25, 0.3) is 0 Å². The summed E-state index contributed by atoms with van der Waals surface area (Å²) in [7, 11) is -3.70. The molecule has 0 N–H and O–H groups in total. The van der Waals surface area contributed by atoms with E-state index in [1.807, 2.05) is 43.3 Å². The third kappa shape index (κ3) is 4.62. The van der Waals surface area contributed by atoms with Crippen LogP contribution in [0.1, 0.15) is 32.6 Å². The monoisotopic (exact) mass is 489 g/mol. The molecule has 0 aliphatic carbocycles. The molecule has 2 heterocycles. The van der Waals surface area contributed by atoms with Gasteiger partial charge in [-0.2, -0.15) is 4.31 Å². The van der Waals surface area contributed by atoms with Crippen molar-refractivity contribution in [2.75, 3.05) is 6.54 Å². The van der Waals surface area contributed by atoms with Gasteiger partial charge in [0.1, 0.15) is 12.2 Å². The van der Waals surface area contributed by atoms with Crippen molar-refractivity contribution in [2.45, 2.75) is 31.4 Å². The number of carbonyl (C=O) groups is 1. The fourth-order valence-electron chi connectivity index (χ4n) is 4.27. The van der Waals surface area contributed by atoms with Gasteiger partial charge in [0.15, 0.2) is 0 Å². The average Bonchev–Trinajstić information content (AvgIpc) is 2.86. The second-order valence-corrected chi connectivity index (χ2v) is 10.5. The molecule has 0 radical (unpaired) electrons. The Balaban J connectivity index is 1.30. The number of nitrogens with zero attached hydrogens (tertiary/aromatic N) is 1. The Morgan fingerprint density at radius 1 is 1.00 bits per heavy atom. The van der Waals surface area contributed by atoms with E-state index in [0.29, 0.717) is 36.0 Å². The Morgan fingerprint density at radius 2 is 1.74 bits per heavy atom. The minimum absolute atomic E-state index is 0.114. The summed E-state index contributed by atoms with van der Waals surface area (Å²) in [6.45, 7) is 2.50. The fraction of sp³-hybridized carbons (Fsp3) is 0.185. The maximum Gasteiger partial charge on any atom is 0.338 e. The fourth-order valence-corrected chi connectivity index (χ4v) is 5.69. The molecular weight excluding hydrogens is 466 g/mol. The molecule has 1 aliphatic rings. The summed E-state index contributed by atoms with van der Waals surface area (Å²) in [4.78, 5) is 24.6. The van der Waals surface area contributed by atoms with Gasteiger partial charge in [0.05, 0.1) is 10.5 Å². The first-order valence-corrected chi connectivity index (χ1v) is 12.6. The van der Waals surface area contributed by atoms with E-state index in [1.165, 1.54) is 34.6 Å². The van der Waals surface area contributed by atoms with E-state index in [-0.39, 0.29) is 17.1 Å². The highest BCUT2D eigenvalue weighted by molar-refractivity contribution is 7.89. The predicted molar refractivity (Wildman–Crippen MR) is 131 cm³/mol. The largest absolute Gasteiger partial charge is 0.457 e. The molecule has 0 atom stereocenters. The smallest absolute Gasteiger partial charge is 0.338 e. The van der Waals surface area contributed by atoms with E-state index in [9.17, 15) is 18.0 Å². The molecule has 0 fully saturated rings. The zero-order chi connectivity index (χ0) is 24.6. The van der Waals surface area contributed by atoms with Crippen LogP contribution in [0.3, 0.4) is 0 Å². The highest BCUT2D eigenvalue weighted by Crippen LogP contribution is 2.25. The lowest BCUT2D eigenvalue weighted by Gasteiger charge is -2.28. The molecule has 35 heavy (non-hydrogen) atoms. The molecule has 1 aromatic heterocycles. The van der Waals surface area contributed by atoms with E-state index in [2.05, 4.69) is 0 Å². The molecule has 5 rings (SSSR count). The molecule has 8 heteroatoms. The van der Waals surface area contributed by atoms with Crippen LogP contribution in [0.4, 0.5) is 0 Å². The van der Waals surface area contributed by atoms with Gasteiger partial charge >= 0.3 is 11.6 Å². The van der Waals surface area contributed by atoms with Crippen LogP contribution in [-0.2, 0) is 34.3 Å². The zero-order valence-electron chi connectivity index (χ0n) is 19.1. The third-order valence-corrected chi connectivity index (χ3v) is 8.03. The van der Waals surface area contributed by atoms with E-state index < -0.39 is 21.6 Å². The molecule has 0 saturated carbocycles. The molecule has 1 aliphatic heterocycles. The number of rotatable bonds is 5. The Bertz CT molecular complexity index is 1590. The summed E-state index contributed by atoms with van der Waals surface area (Å²) in [5.41, 5.74) is 3.77. The van der Waals surface area contributed by atoms with E-state index in [0.717, 1.165) is 16.7 Å². The van der Waals surface area contributed by atoms with Crippen molar-refractivity contribution in [2.24, 2.45) is 0 Å². The number of hydrogen-bond acceptors (Lipinski definition) is 6. The lowest BCUT2D eigenvalue weighted by atomic mass is 10.0. The number of esters is 1. The quantitative estimate of drug-likeness (QED) is 0.308. The van der Waals surface area contributed by atoms with Crippen LogP contribution >= 0.6 is 0 Å². The molecule has 178 valence electrons. The van der Waals surface area contributed by atoms with Gasteiger partial charge in [-0.25, -0.2) is 18.0 Å². The highest BCUT2D eigenvalue weighted by atomic mass is 32.2. The summed E-state index contributed by atoms with van der Waals surface area (Å²) >= 11 is 0. The van der Waals surface area contributed by atoms with Crippen molar-refractivity contribution in [3.63, 3.8) is 0 Å². The summed E-state index contributed by atoms with van der Waals surface area (Å²) in [5, 5.41) is 0.688. The summed E-state index contributed by atoms with van der Waals surface area (Å²) in [6, 6.07) is 20.3. The Kier molecular flexibility index (Phi) is 6.00. The molecule has 0 bridgehead atoms. The molecule has 0 spiro atoms. The Labute approximate surface area is 202 Å². The second-order valence-electron chi connectivity index (χ2n) is 8.55. The molecule has 4 aromatic rings. The van der Waals surface area contributed by atoms with Crippen molar-refractivity contribution in [1.82, 2.24) is 4.31 Å². The topological polar surface area (TPSA) is 93.9 Å². The van der Waals surface area contributed by atoms with Crippen molar-refractivity contribution < 1.29 is 22.4 Å². The van der Waals surface area contributed by atoms with Gasteiger partial charge < -0.3 is 9.15 Å². The van der Waals surface area contributed by atoms with Crippen molar-refractivity contribution in [1.29, 1.82) is 0 Å². The zero-order valence-corrected chi connectivity index (χ0v) is 19.9. The standard InChI is InChI=1S/C27H23NO6S/c1-18-6-11-24-22(15-26(29)34-25(24)14-18)17-33-27(30)20-7-9-23(10-8-20)35(31,32)28-13-12-19-4-2-3-5-21(19)16-28/h2-11,14-15H,12-13,16-17H2,1H3. The van der Waals surface area contributed by atoms with Gasteiger partial charge in [-0.15, -0.1) is 0 Å². The van der Waals surface area contributed by atoms with Crippen molar-refractivity contribution in [3.8, 4) is 0 Å². The van der Waals surface area contributed by atoms with E-state index >= 15 is 0 Å². The van der Waals surface area contributed by atoms with Crippen LogP contribution in [0.2, 0.25) is 0 Å². The number of ether oxygens (including phenoxy) is 1. The van der Waals surface area contributed by atoms with Crippen LogP contribution in [0.15, 0.2) is 86.9 Å². The molecule has 3 aromatic carbocycles. The minimum atomic E-state index is -3.70. The molecule has 0 unspecified atom stereocenters. The molecular formula is C27H23NO6S. The molecule has 0 amide bonds. The predicted octanol–water partition coefficient (Wildman–Crippen LogP) is 4.21. The number of sulfonamides is 1. The normalized spacial score (nSPS) is 14.0. The minimum Gasteiger partial charge on any atom is -0.457 e. The summed E-state index contributed by atoms with van der Waals surface area (Å²) in [5.74, 6) is -0.616. The van der Waals surface area contributed by atoms with Crippen LogP contribution in [0.5, 0.6) is 0 Å². The lowest BCUT2D eigenvalue weighted by Crippen LogP contribution is -2.35. The first kappa shape index (κ1) is 23.0. The van der Waals surface area contributed by atoms with Crippen LogP contribution in [0, 0.1) is 6.92 Å². The summed E-state index contributed by atoms with van der Waals surface area (Å²) < 4.78 is 38.4. The van der Waals surface area contributed by atoms with Crippen molar-refractivity contribution in [3.05, 3.63) is 111 Å². The maximum absolute atomic E-state index is 13.1. The SMILES string of the molecule is Cc1ccc2c(COC(=O)c3ccc(S(=O)(=O)N4CCc5ccccc5C4)cc3)cc(=O)oc2c1. The first-order chi connectivity index (χ1) is 16.8. The Hall–Kier alpha value is -3.75. The third-order valence-electron chi connectivity index (χ3n) is 6.17. The van der Waals surface area contributed by atoms with E-state index in [4.69, 9.17) is 9.15 Å². The number of fused-ring (bicyclic) bond motifs is 2. The van der Waals surface area contributed by atoms with Crippen LogP contribution in [-0.4, -0.2) is 25.2 Å². The van der Waals surface area contributed by atoms with Crippen LogP contribution in [0.25, 0.3) is 11.0 Å². The average molecular weight is 490 g/mol. The number of carbonyl (C=O) groups excluding carboxylic acids is 1. The van der Waals surface area contributed by atoms with E-state index in [1.54, 1.807) is 6.07 Å². The Morgan fingerprint density at radius 3 is 2.51 bits per heavy atom. The van der Waals surface area contributed by atoms with Crippen molar-refractivity contribution >= 4 is 27.0 Å². The first-order valence-electron chi connectivity index (χ1n) is 11.2.